The van der Waals surface area contributed by atoms with Gasteiger partial charge < -0.3 is 29.9 Å². The number of hydrogen-bond acceptors (Lipinski definition) is 6. The molecule has 118 valence electrons. The Hall–Kier alpha value is -1.70. The Morgan fingerprint density at radius 3 is 2.41 bits per heavy atom. The molecule has 0 saturated carbocycles. The van der Waals surface area contributed by atoms with Gasteiger partial charge in [0.05, 0.1) is 6.61 Å². The maximum Gasteiger partial charge on any atom is 0.229 e. The summed E-state index contributed by atoms with van der Waals surface area (Å²) in [6.07, 6.45) is -6.44. The van der Waals surface area contributed by atoms with E-state index in [4.69, 9.17) is 9.47 Å². The molecule has 0 bridgehead atoms. The van der Waals surface area contributed by atoms with Crippen molar-refractivity contribution in [1.82, 2.24) is 0 Å². The highest BCUT2D eigenvalue weighted by Gasteiger charge is 2.44. The first-order valence-electron chi connectivity index (χ1n) is 7.07. The SMILES string of the molecule is OC[C@@H]1O[C@@H](Oc2cccc3ccccc23)[C@H](O)[C@H](O)[C@@H]1O. The van der Waals surface area contributed by atoms with Crippen LogP contribution in [0, 0.1) is 0 Å². The Morgan fingerprint density at radius 2 is 1.64 bits per heavy atom. The fraction of sp³-hybridized carbons (Fsp3) is 0.375. The third-order valence-electron chi connectivity index (χ3n) is 3.84. The molecule has 2 aromatic rings. The molecule has 1 aliphatic rings. The van der Waals surface area contributed by atoms with Crippen LogP contribution in [0.5, 0.6) is 5.75 Å². The summed E-state index contributed by atoms with van der Waals surface area (Å²) in [7, 11) is 0. The van der Waals surface area contributed by atoms with Crippen molar-refractivity contribution >= 4 is 10.8 Å². The van der Waals surface area contributed by atoms with E-state index < -0.39 is 37.3 Å². The van der Waals surface area contributed by atoms with Crippen LogP contribution in [-0.2, 0) is 4.74 Å². The Bertz CT molecular complexity index is 638. The second-order valence-electron chi connectivity index (χ2n) is 5.29. The topological polar surface area (TPSA) is 99.4 Å². The van der Waals surface area contributed by atoms with Crippen LogP contribution in [0.1, 0.15) is 0 Å². The largest absolute Gasteiger partial charge is 0.461 e. The first-order valence-corrected chi connectivity index (χ1v) is 7.07. The lowest BCUT2D eigenvalue weighted by molar-refractivity contribution is -0.277. The predicted molar refractivity (Wildman–Crippen MR) is 78.3 cm³/mol. The van der Waals surface area contributed by atoms with E-state index in [1.165, 1.54) is 0 Å². The van der Waals surface area contributed by atoms with Gasteiger partial charge in [-0.05, 0) is 11.5 Å². The molecule has 6 heteroatoms. The van der Waals surface area contributed by atoms with Gasteiger partial charge in [0.2, 0.25) is 6.29 Å². The number of ether oxygens (including phenoxy) is 2. The molecule has 1 aliphatic heterocycles. The quantitative estimate of drug-likeness (QED) is 0.638. The Balaban J connectivity index is 1.87. The lowest BCUT2D eigenvalue weighted by Crippen LogP contribution is -2.60. The van der Waals surface area contributed by atoms with E-state index >= 15 is 0 Å². The van der Waals surface area contributed by atoms with Crippen molar-refractivity contribution in [3.8, 4) is 5.75 Å². The zero-order valence-corrected chi connectivity index (χ0v) is 11.7. The summed E-state index contributed by atoms with van der Waals surface area (Å²) in [5.41, 5.74) is 0. The molecule has 5 atom stereocenters. The molecule has 1 saturated heterocycles. The van der Waals surface area contributed by atoms with E-state index in [-0.39, 0.29) is 0 Å². The van der Waals surface area contributed by atoms with Crippen molar-refractivity contribution in [2.24, 2.45) is 0 Å². The molecule has 2 aromatic carbocycles. The molecule has 0 radical (unpaired) electrons. The first kappa shape index (κ1) is 15.2. The lowest BCUT2D eigenvalue weighted by Gasteiger charge is -2.39. The van der Waals surface area contributed by atoms with E-state index in [0.717, 1.165) is 10.8 Å². The van der Waals surface area contributed by atoms with Crippen LogP contribution >= 0.6 is 0 Å². The highest BCUT2D eigenvalue weighted by atomic mass is 16.7. The smallest absolute Gasteiger partial charge is 0.229 e. The van der Waals surface area contributed by atoms with Gasteiger partial charge >= 0.3 is 0 Å². The second kappa shape index (κ2) is 6.20. The van der Waals surface area contributed by atoms with Crippen molar-refractivity contribution in [2.45, 2.75) is 30.7 Å². The zero-order chi connectivity index (χ0) is 15.7. The summed E-state index contributed by atoms with van der Waals surface area (Å²) in [6, 6.07) is 13.0. The Morgan fingerprint density at radius 1 is 0.909 bits per heavy atom. The number of hydrogen-bond donors (Lipinski definition) is 4. The van der Waals surface area contributed by atoms with Crippen LogP contribution in [0.2, 0.25) is 0 Å². The van der Waals surface area contributed by atoms with Crippen molar-refractivity contribution < 1.29 is 29.9 Å². The second-order valence-corrected chi connectivity index (χ2v) is 5.29. The maximum absolute atomic E-state index is 10.0. The van der Waals surface area contributed by atoms with Crippen molar-refractivity contribution in [2.75, 3.05) is 6.61 Å². The van der Waals surface area contributed by atoms with Gasteiger partial charge in [-0.3, -0.25) is 0 Å². The van der Waals surface area contributed by atoms with Crippen LogP contribution in [0.15, 0.2) is 42.5 Å². The summed E-state index contributed by atoms with van der Waals surface area (Å²) < 4.78 is 11.0. The van der Waals surface area contributed by atoms with Crippen LogP contribution in [0.3, 0.4) is 0 Å². The Labute approximate surface area is 127 Å². The van der Waals surface area contributed by atoms with E-state index in [1.54, 1.807) is 6.07 Å². The number of rotatable bonds is 3. The molecule has 0 unspecified atom stereocenters. The molecule has 1 heterocycles. The summed E-state index contributed by atoms with van der Waals surface area (Å²) in [5.74, 6) is 0.488. The summed E-state index contributed by atoms with van der Waals surface area (Å²) in [5, 5.41) is 40.5. The highest BCUT2D eigenvalue weighted by molar-refractivity contribution is 5.88. The molecule has 22 heavy (non-hydrogen) atoms. The standard InChI is InChI=1S/C16H18O6/c17-8-12-13(18)14(19)15(20)16(22-12)21-11-7-3-5-9-4-1-2-6-10(9)11/h1-7,12-20H,8H2/t12-,13+,14+,15+,16+/m0/s1. The molecule has 4 N–H and O–H groups in total. The molecule has 6 nitrogen and oxygen atoms in total. The summed E-state index contributed by atoms with van der Waals surface area (Å²) in [6.45, 7) is -0.486. The highest BCUT2D eigenvalue weighted by Crippen LogP contribution is 2.29. The monoisotopic (exact) mass is 306 g/mol. The molecule has 0 amide bonds. The molecule has 3 rings (SSSR count). The zero-order valence-electron chi connectivity index (χ0n) is 11.7. The van der Waals surface area contributed by atoms with Gasteiger partial charge in [-0.1, -0.05) is 36.4 Å². The fourth-order valence-corrected chi connectivity index (χ4v) is 2.59. The van der Waals surface area contributed by atoms with Gasteiger partial charge in [0.1, 0.15) is 30.2 Å². The lowest BCUT2D eigenvalue weighted by atomic mass is 9.99. The van der Waals surface area contributed by atoms with Crippen molar-refractivity contribution in [3.63, 3.8) is 0 Å². The molecular weight excluding hydrogens is 288 g/mol. The molecule has 0 aliphatic carbocycles. The average Bonchev–Trinajstić information content (AvgIpc) is 2.55. The number of aliphatic hydroxyl groups excluding tert-OH is 4. The van der Waals surface area contributed by atoms with E-state index in [9.17, 15) is 20.4 Å². The first-order chi connectivity index (χ1) is 10.6. The molecule has 0 spiro atoms. The van der Waals surface area contributed by atoms with E-state index in [1.807, 2.05) is 36.4 Å². The minimum Gasteiger partial charge on any atom is -0.461 e. The summed E-state index contributed by atoms with van der Waals surface area (Å²) >= 11 is 0. The van der Waals surface area contributed by atoms with Gasteiger partial charge in [0, 0.05) is 5.39 Å². The van der Waals surface area contributed by atoms with Gasteiger partial charge in [-0.25, -0.2) is 0 Å². The molecule has 1 fully saturated rings. The van der Waals surface area contributed by atoms with E-state index in [0.29, 0.717) is 5.75 Å². The summed E-state index contributed by atoms with van der Waals surface area (Å²) in [4.78, 5) is 0. The minimum atomic E-state index is -1.45. The van der Waals surface area contributed by atoms with Gasteiger partial charge in [0.15, 0.2) is 0 Å². The normalized spacial score (nSPS) is 32.1. The minimum absolute atomic E-state index is 0.486. The van der Waals surface area contributed by atoms with Crippen LogP contribution in [0.4, 0.5) is 0 Å². The number of benzene rings is 2. The predicted octanol–water partition coefficient (Wildman–Crippen LogP) is 0.0185. The van der Waals surface area contributed by atoms with Gasteiger partial charge in [0.25, 0.3) is 0 Å². The third kappa shape index (κ3) is 2.67. The van der Waals surface area contributed by atoms with E-state index in [2.05, 4.69) is 0 Å². The number of aliphatic hydroxyl groups is 4. The maximum atomic E-state index is 10.0. The van der Waals surface area contributed by atoms with Gasteiger partial charge in [-0.2, -0.15) is 0 Å². The third-order valence-corrected chi connectivity index (χ3v) is 3.84. The van der Waals surface area contributed by atoms with Gasteiger partial charge in [-0.15, -0.1) is 0 Å². The van der Waals surface area contributed by atoms with Crippen LogP contribution < -0.4 is 4.74 Å². The number of fused-ring (bicyclic) bond motifs is 1. The van der Waals surface area contributed by atoms with Crippen molar-refractivity contribution in [1.29, 1.82) is 0 Å². The fourth-order valence-electron chi connectivity index (χ4n) is 2.59. The van der Waals surface area contributed by atoms with Crippen LogP contribution in [-0.4, -0.2) is 57.7 Å². The Kier molecular flexibility index (Phi) is 4.28. The molecular formula is C16H18O6. The average molecular weight is 306 g/mol. The molecule has 0 aromatic heterocycles. The van der Waals surface area contributed by atoms with Crippen LogP contribution in [0.25, 0.3) is 10.8 Å². The van der Waals surface area contributed by atoms with Crippen molar-refractivity contribution in [3.05, 3.63) is 42.5 Å².